The second-order valence-electron chi connectivity index (χ2n) is 6.37. The highest BCUT2D eigenvalue weighted by atomic mass is 35.5. The predicted octanol–water partition coefficient (Wildman–Crippen LogP) is 3.31. The Morgan fingerprint density at radius 3 is 2.75 bits per heavy atom. The van der Waals surface area contributed by atoms with Crippen LogP contribution in [0.5, 0.6) is 0 Å². The minimum atomic E-state index is 0.439. The summed E-state index contributed by atoms with van der Waals surface area (Å²) >= 11 is 6.06. The molecule has 0 amide bonds. The first-order valence-corrected chi connectivity index (χ1v) is 9.35. The SMILES string of the molecule is Cc1cc(Nc2nc(/C=C/c3cccc(Cl)c3)nc(N3CCOCC3)n2)n[nH]1. The van der Waals surface area contributed by atoms with Gasteiger partial charge in [0, 0.05) is 29.9 Å². The molecule has 4 rings (SSSR count). The molecule has 1 fully saturated rings. The van der Waals surface area contributed by atoms with Crippen LogP contribution in [0, 0.1) is 6.92 Å². The number of aromatic nitrogens is 5. The summed E-state index contributed by atoms with van der Waals surface area (Å²) in [6.07, 6.45) is 3.77. The van der Waals surface area contributed by atoms with Gasteiger partial charge in [-0.1, -0.05) is 29.8 Å². The summed E-state index contributed by atoms with van der Waals surface area (Å²) in [5.41, 5.74) is 1.92. The molecule has 1 saturated heterocycles. The van der Waals surface area contributed by atoms with Crippen LogP contribution in [0.1, 0.15) is 17.1 Å². The molecule has 1 aliphatic rings. The molecule has 144 valence electrons. The first-order valence-electron chi connectivity index (χ1n) is 8.97. The molecule has 1 aliphatic heterocycles. The van der Waals surface area contributed by atoms with Crippen molar-refractivity contribution in [3.8, 4) is 0 Å². The van der Waals surface area contributed by atoms with Crippen LogP contribution < -0.4 is 10.2 Å². The average molecular weight is 398 g/mol. The van der Waals surface area contributed by atoms with Crippen molar-refractivity contribution < 1.29 is 4.74 Å². The second-order valence-corrected chi connectivity index (χ2v) is 6.80. The van der Waals surface area contributed by atoms with Crippen molar-refractivity contribution in [2.75, 3.05) is 36.5 Å². The van der Waals surface area contributed by atoms with E-state index >= 15 is 0 Å². The van der Waals surface area contributed by atoms with E-state index < -0.39 is 0 Å². The Bertz CT molecular complexity index is 982. The minimum absolute atomic E-state index is 0.439. The van der Waals surface area contributed by atoms with Gasteiger partial charge >= 0.3 is 0 Å². The van der Waals surface area contributed by atoms with Gasteiger partial charge in [0.1, 0.15) is 0 Å². The second kappa shape index (κ2) is 8.37. The number of ether oxygens (including phenoxy) is 1. The number of nitrogens with one attached hydrogen (secondary N) is 2. The lowest BCUT2D eigenvalue weighted by molar-refractivity contribution is 0.122. The Morgan fingerprint density at radius 1 is 1.14 bits per heavy atom. The third-order valence-corrected chi connectivity index (χ3v) is 4.39. The molecule has 1 aromatic carbocycles. The van der Waals surface area contributed by atoms with Gasteiger partial charge in [0.25, 0.3) is 0 Å². The fourth-order valence-corrected chi connectivity index (χ4v) is 2.99. The van der Waals surface area contributed by atoms with E-state index in [1.807, 2.05) is 49.4 Å². The van der Waals surface area contributed by atoms with Gasteiger partial charge in [0.15, 0.2) is 11.6 Å². The van der Waals surface area contributed by atoms with Crippen LogP contribution in [0.3, 0.4) is 0 Å². The van der Waals surface area contributed by atoms with E-state index in [4.69, 9.17) is 16.3 Å². The summed E-state index contributed by atoms with van der Waals surface area (Å²) in [5, 5.41) is 10.9. The lowest BCUT2D eigenvalue weighted by atomic mass is 10.2. The van der Waals surface area contributed by atoms with Crippen molar-refractivity contribution >= 4 is 41.5 Å². The van der Waals surface area contributed by atoms with Gasteiger partial charge in [-0.05, 0) is 30.7 Å². The number of rotatable bonds is 5. The van der Waals surface area contributed by atoms with Crippen LogP contribution in [0.2, 0.25) is 5.02 Å². The fraction of sp³-hybridized carbons (Fsp3) is 0.263. The maximum atomic E-state index is 6.06. The third kappa shape index (κ3) is 4.65. The van der Waals surface area contributed by atoms with E-state index in [9.17, 15) is 0 Å². The van der Waals surface area contributed by atoms with Crippen molar-refractivity contribution in [1.29, 1.82) is 0 Å². The van der Waals surface area contributed by atoms with Crippen LogP contribution in [0.4, 0.5) is 17.7 Å². The smallest absolute Gasteiger partial charge is 0.233 e. The molecule has 28 heavy (non-hydrogen) atoms. The molecule has 8 nitrogen and oxygen atoms in total. The first kappa shape index (κ1) is 18.4. The van der Waals surface area contributed by atoms with Gasteiger partial charge in [-0.25, -0.2) is 0 Å². The van der Waals surface area contributed by atoms with E-state index in [-0.39, 0.29) is 0 Å². The molecule has 3 aromatic rings. The van der Waals surface area contributed by atoms with Crippen LogP contribution in [-0.2, 0) is 4.74 Å². The molecule has 0 atom stereocenters. The number of hydrogen-bond acceptors (Lipinski definition) is 7. The molecular weight excluding hydrogens is 378 g/mol. The predicted molar refractivity (Wildman–Crippen MR) is 110 cm³/mol. The molecule has 2 aromatic heterocycles. The number of anilines is 3. The number of aromatic amines is 1. The highest BCUT2D eigenvalue weighted by Crippen LogP contribution is 2.18. The highest BCUT2D eigenvalue weighted by molar-refractivity contribution is 6.30. The van der Waals surface area contributed by atoms with Gasteiger partial charge in [0.2, 0.25) is 11.9 Å². The van der Waals surface area contributed by atoms with Crippen molar-refractivity contribution in [1.82, 2.24) is 25.1 Å². The molecule has 0 unspecified atom stereocenters. The van der Waals surface area contributed by atoms with Gasteiger partial charge in [0.05, 0.1) is 13.2 Å². The zero-order chi connectivity index (χ0) is 19.3. The molecular formula is C19H20ClN7O. The number of H-pyrrole nitrogens is 1. The van der Waals surface area contributed by atoms with Crippen molar-refractivity contribution in [2.45, 2.75) is 6.92 Å². The Morgan fingerprint density at radius 2 is 2.00 bits per heavy atom. The third-order valence-electron chi connectivity index (χ3n) is 4.15. The molecule has 0 spiro atoms. The summed E-state index contributed by atoms with van der Waals surface area (Å²) < 4.78 is 5.43. The standard InChI is InChI=1S/C19H20ClN7O/c1-13-11-17(26-25-13)22-18-21-16(6-5-14-3-2-4-15(20)12-14)23-19(24-18)27-7-9-28-10-8-27/h2-6,11-12H,7-10H2,1H3,(H2,21,22,23,24,25,26)/b6-5+. The summed E-state index contributed by atoms with van der Waals surface area (Å²) in [4.78, 5) is 15.8. The molecule has 9 heteroatoms. The van der Waals surface area contributed by atoms with Gasteiger partial charge in [-0.3, -0.25) is 5.10 Å². The molecule has 3 heterocycles. The number of halogens is 1. The number of nitrogens with zero attached hydrogens (tertiary/aromatic N) is 5. The van der Waals surface area contributed by atoms with Crippen LogP contribution in [-0.4, -0.2) is 51.5 Å². The minimum Gasteiger partial charge on any atom is -0.378 e. The van der Waals surface area contributed by atoms with Gasteiger partial charge in [-0.15, -0.1) is 0 Å². The quantitative estimate of drug-likeness (QED) is 0.682. The first-order chi connectivity index (χ1) is 13.7. The lowest BCUT2D eigenvalue weighted by Crippen LogP contribution is -2.37. The largest absolute Gasteiger partial charge is 0.378 e. The molecule has 0 bridgehead atoms. The zero-order valence-electron chi connectivity index (χ0n) is 15.4. The molecule has 0 aliphatic carbocycles. The Kier molecular flexibility index (Phi) is 5.50. The normalized spacial score (nSPS) is 14.6. The summed E-state index contributed by atoms with van der Waals surface area (Å²) in [6, 6.07) is 9.49. The Balaban J connectivity index is 1.64. The van der Waals surface area contributed by atoms with Crippen LogP contribution >= 0.6 is 11.6 Å². The van der Waals surface area contributed by atoms with Gasteiger partial charge in [-0.2, -0.15) is 20.1 Å². The number of benzene rings is 1. The molecule has 0 radical (unpaired) electrons. The summed E-state index contributed by atoms with van der Waals surface area (Å²) in [6.45, 7) is 4.72. The summed E-state index contributed by atoms with van der Waals surface area (Å²) in [7, 11) is 0. The van der Waals surface area contributed by atoms with E-state index in [0.29, 0.717) is 41.8 Å². The van der Waals surface area contributed by atoms with Crippen molar-refractivity contribution in [3.05, 3.63) is 52.4 Å². The van der Waals surface area contributed by atoms with E-state index in [2.05, 4.69) is 35.4 Å². The molecule has 2 N–H and O–H groups in total. The molecule has 0 saturated carbocycles. The lowest BCUT2D eigenvalue weighted by Gasteiger charge is -2.26. The highest BCUT2D eigenvalue weighted by Gasteiger charge is 2.16. The van der Waals surface area contributed by atoms with Crippen LogP contribution in [0.25, 0.3) is 12.2 Å². The summed E-state index contributed by atoms with van der Waals surface area (Å²) in [5.74, 6) is 2.25. The number of aryl methyl sites for hydroxylation is 1. The Labute approximate surface area is 167 Å². The average Bonchev–Trinajstić information content (AvgIpc) is 3.11. The number of morpholine rings is 1. The maximum Gasteiger partial charge on any atom is 0.233 e. The topological polar surface area (TPSA) is 91.8 Å². The zero-order valence-corrected chi connectivity index (χ0v) is 16.1. The van der Waals surface area contributed by atoms with Crippen molar-refractivity contribution in [3.63, 3.8) is 0 Å². The monoisotopic (exact) mass is 397 g/mol. The van der Waals surface area contributed by atoms with Gasteiger partial charge < -0.3 is 15.0 Å². The van der Waals surface area contributed by atoms with Crippen LogP contribution in [0.15, 0.2) is 30.3 Å². The van der Waals surface area contributed by atoms with E-state index in [1.54, 1.807) is 0 Å². The Hall–Kier alpha value is -2.97. The number of hydrogen-bond donors (Lipinski definition) is 2. The van der Waals surface area contributed by atoms with Crippen molar-refractivity contribution in [2.24, 2.45) is 0 Å². The fourth-order valence-electron chi connectivity index (χ4n) is 2.79. The van der Waals surface area contributed by atoms with E-state index in [0.717, 1.165) is 24.3 Å². The maximum absolute atomic E-state index is 6.06. The van der Waals surface area contributed by atoms with E-state index in [1.165, 1.54) is 0 Å².